The van der Waals surface area contributed by atoms with Crippen LogP contribution in [-0.2, 0) is 24.0 Å². The number of nitrogens with two attached hydrogens (primary N) is 1. The molecule has 0 aromatic heterocycles. The van der Waals surface area contributed by atoms with Crippen molar-refractivity contribution >= 4 is 35.3 Å². The molecule has 30 heavy (non-hydrogen) atoms. The molecule has 1 aromatic carbocycles. The Bertz CT molecular complexity index is 887. The molecule has 1 unspecified atom stereocenters. The first-order valence-corrected chi connectivity index (χ1v) is 9.16. The molecule has 11 nitrogen and oxygen atoms in total. The van der Waals surface area contributed by atoms with E-state index in [1.165, 1.54) is 25.8 Å². The van der Waals surface area contributed by atoms with Crippen LogP contribution in [0.1, 0.15) is 26.7 Å². The van der Waals surface area contributed by atoms with Crippen LogP contribution in [0.5, 0.6) is 5.75 Å². The Hall–Kier alpha value is -3.63. The van der Waals surface area contributed by atoms with Gasteiger partial charge in [0, 0.05) is 13.5 Å². The number of carboxylic acid groups (broad SMARTS) is 1. The van der Waals surface area contributed by atoms with Crippen molar-refractivity contribution in [3.8, 4) is 5.75 Å². The van der Waals surface area contributed by atoms with Crippen LogP contribution in [0.25, 0.3) is 0 Å². The van der Waals surface area contributed by atoms with Gasteiger partial charge in [-0.1, -0.05) is 12.1 Å². The summed E-state index contributed by atoms with van der Waals surface area (Å²) in [6, 6.07) is 4.33. The molecule has 3 atom stereocenters. The molecule has 0 aliphatic carbocycles. The Labute approximate surface area is 172 Å². The van der Waals surface area contributed by atoms with Gasteiger partial charge in [0.15, 0.2) is 0 Å². The second-order valence-electron chi connectivity index (χ2n) is 7.06. The lowest BCUT2D eigenvalue weighted by Crippen LogP contribution is -2.64. The fraction of sp³-hybridized carbons (Fsp3) is 0.421. The number of hydrogen-bond acceptors (Lipinski definition) is 6. The lowest BCUT2D eigenvalue weighted by Gasteiger charge is -2.38. The standard InChI is InChI=1S/C19H24N4O7/c1-10(16(27)22-11(15(20)26)8-9-14(24)25)21-17(28)19(2)18(29)23(3)12-6-4-5-7-13(12)30-19/h4-7,10-11H,8-9H2,1-3H3,(H2,20,26)(H,21,28)(H,22,27)(H,24,25)/t10-,11-,19?/m1/s1. The van der Waals surface area contributed by atoms with Crippen LogP contribution in [0.2, 0.25) is 0 Å². The molecule has 0 radical (unpaired) electrons. The lowest BCUT2D eigenvalue weighted by atomic mass is 10.00. The van der Waals surface area contributed by atoms with Crippen LogP contribution in [0.4, 0.5) is 5.69 Å². The SMILES string of the molecule is C[C@@H](NC(=O)C1(C)Oc2ccccc2N(C)C1=O)C(=O)N[C@H](CCC(=O)O)C(N)=O. The quantitative estimate of drug-likeness (QED) is 0.397. The maximum Gasteiger partial charge on any atom is 0.303 e. The van der Waals surface area contributed by atoms with Gasteiger partial charge in [0.2, 0.25) is 11.8 Å². The third kappa shape index (κ3) is 4.67. The number of fused-ring (bicyclic) bond motifs is 1. The van der Waals surface area contributed by atoms with Gasteiger partial charge in [0.1, 0.15) is 17.8 Å². The van der Waals surface area contributed by atoms with E-state index in [2.05, 4.69) is 10.6 Å². The average molecular weight is 420 g/mol. The predicted octanol–water partition coefficient (Wildman–Crippen LogP) is -0.860. The highest BCUT2D eigenvalue weighted by molar-refractivity contribution is 6.16. The van der Waals surface area contributed by atoms with Gasteiger partial charge < -0.3 is 31.1 Å². The number of carbonyl (C=O) groups is 5. The van der Waals surface area contributed by atoms with Gasteiger partial charge in [-0.3, -0.25) is 24.0 Å². The Morgan fingerprint density at radius 1 is 1.23 bits per heavy atom. The summed E-state index contributed by atoms with van der Waals surface area (Å²) in [6.07, 6.45) is -0.571. The third-order valence-corrected chi connectivity index (χ3v) is 4.73. The highest BCUT2D eigenvalue weighted by Gasteiger charge is 2.50. The highest BCUT2D eigenvalue weighted by atomic mass is 16.5. The smallest absolute Gasteiger partial charge is 0.303 e. The van der Waals surface area contributed by atoms with Gasteiger partial charge in [-0.15, -0.1) is 0 Å². The van der Waals surface area contributed by atoms with Crippen molar-refractivity contribution in [2.45, 2.75) is 44.4 Å². The molecule has 1 aromatic rings. The van der Waals surface area contributed by atoms with Gasteiger partial charge >= 0.3 is 5.97 Å². The van der Waals surface area contributed by atoms with Crippen LogP contribution in [-0.4, -0.2) is 59.4 Å². The zero-order valence-corrected chi connectivity index (χ0v) is 16.8. The molecule has 1 heterocycles. The van der Waals surface area contributed by atoms with Gasteiger partial charge in [0.25, 0.3) is 17.4 Å². The number of benzene rings is 1. The van der Waals surface area contributed by atoms with E-state index in [0.29, 0.717) is 11.4 Å². The summed E-state index contributed by atoms with van der Waals surface area (Å²) >= 11 is 0. The molecule has 0 bridgehead atoms. The predicted molar refractivity (Wildman–Crippen MR) is 104 cm³/mol. The largest absolute Gasteiger partial charge is 0.481 e. The molecule has 0 saturated carbocycles. The first-order chi connectivity index (χ1) is 14.0. The molecular weight excluding hydrogens is 396 g/mol. The molecule has 4 amide bonds. The van der Waals surface area contributed by atoms with E-state index in [9.17, 15) is 24.0 Å². The summed E-state index contributed by atoms with van der Waals surface area (Å²) in [4.78, 5) is 61.3. The van der Waals surface area contributed by atoms with Crippen molar-refractivity contribution in [2.75, 3.05) is 11.9 Å². The maximum atomic E-state index is 12.8. The third-order valence-electron chi connectivity index (χ3n) is 4.73. The number of carboxylic acids is 1. The summed E-state index contributed by atoms with van der Waals surface area (Å²) in [5.74, 6) is -3.96. The molecule has 162 valence electrons. The van der Waals surface area contributed by atoms with E-state index >= 15 is 0 Å². The van der Waals surface area contributed by atoms with Crippen molar-refractivity contribution in [1.82, 2.24) is 10.6 Å². The minimum Gasteiger partial charge on any atom is -0.481 e. The number of hydrogen-bond donors (Lipinski definition) is 4. The Morgan fingerprint density at radius 3 is 2.47 bits per heavy atom. The molecular formula is C19H24N4O7. The Balaban J connectivity index is 2.09. The van der Waals surface area contributed by atoms with Gasteiger partial charge in [0.05, 0.1) is 5.69 Å². The average Bonchev–Trinajstić information content (AvgIpc) is 2.68. The van der Waals surface area contributed by atoms with Crippen molar-refractivity contribution in [3.63, 3.8) is 0 Å². The van der Waals surface area contributed by atoms with E-state index in [0.717, 1.165) is 0 Å². The number of amides is 4. The second kappa shape index (κ2) is 8.80. The first-order valence-electron chi connectivity index (χ1n) is 9.16. The number of aliphatic carboxylic acids is 1. The summed E-state index contributed by atoms with van der Waals surface area (Å²) < 4.78 is 5.65. The minimum absolute atomic E-state index is 0.196. The fourth-order valence-electron chi connectivity index (χ4n) is 2.91. The highest BCUT2D eigenvalue weighted by Crippen LogP contribution is 2.36. The van der Waals surface area contributed by atoms with Crippen molar-refractivity contribution in [1.29, 1.82) is 0 Å². The van der Waals surface area contributed by atoms with E-state index in [4.69, 9.17) is 15.6 Å². The zero-order chi connectivity index (χ0) is 22.6. The molecule has 0 saturated heterocycles. The minimum atomic E-state index is -1.91. The van der Waals surface area contributed by atoms with Gasteiger partial charge in [-0.2, -0.15) is 0 Å². The monoisotopic (exact) mass is 420 g/mol. The Morgan fingerprint density at radius 2 is 1.87 bits per heavy atom. The number of nitrogens with zero attached hydrogens (tertiary/aromatic N) is 1. The van der Waals surface area contributed by atoms with Crippen LogP contribution < -0.4 is 26.0 Å². The van der Waals surface area contributed by atoms with Crippen LogP contribution >= 0.6 is 0 Å². The molecule has 2 rings (SSSR count). The number of ether oxygens (including phenoxy) is 1. The van der Waals surface area contributed by atoms with Gasteiger partial charge in [-0.05, 0) is 32.4 Å². The van der Waals surface area contributed by atoms with E-state index < -0.39 is 47.3 Å². The molecule has 1 aliphatic heterocycles. The van der Waals surface area contributed by atoms with E-state index in [-0.39, 0.29) is 12.8 Å². The summed E-state index contributed by atoms with van der Waals surface area (Å²) in [6.45, 7) is 2.64. The number of para-hydroxylation sites is 2. The van der Waals surface area contributed by atoms with E-state index in [1.54, 1.807) is 24.3 Å². The number of primary amides is 1. The molecule has 1 aliphatic rings. The number of carbonyl (C=O) groups excluding carboxylic acids is 4. The number of nitrogens with one attached hydrogen (secondary N) is 2. The van der Waals surface area contributed by atoms with Crippen LogP contribution in [0, 0.1) is 0 Å². The van der Waals surface area contributed by atoms with E-state index in [1.807, 2.05) is 0 Å². The summed E-state index contributed by atoms with van der Waals surface area (Å²) in [5.41, 5.74) is 3.77. The summed E-state index contributed by atoms with van der Waals surface area (Å²) in [7, 11) is 1.51. The lowest BCUT2D eigenvalue weighted by molar-refractivity contribution is -0.149. The summed E-state index contributed by atoms with van der Waals surface area (Å²) in [5, 5.41) is 13.4. The van der Waals surface area contributed by atoms with Crippen LogP contribution in [0.15, 0.2) is 24.3 Å². The normalized spacial score (nSPS) is 19.7. The number of likely N-dealkylation sites (N-methyl/N-ethyl adjacent to an activating group) is 1. The number of anilines is 1. The first kappa shape index (κ1) is 22.7. The van der Waals surface area contributed by atoms with Crippen LogP contribution in [0.3, 0.4) is 0 Å². The van der Waals surface area contributed by atoms with Crippen molar-refractivity contribution in [3.05, 3.63) is 24.3 Å². The maximum absolute atomic E-state index is 12.8. The zero-order valence-electron chi connectivity index (χ0n) is 16.8. The van der Waals surface area contributed by atoms with Crippen molar-refractivity contribution < 1.29 is 33.8 Å². The fourth-order valence-corrected chi connectivity index (χ4v) is 2.91. The number of rotatable bonds is 8. The van der Waals surface area contributed by atoms with Gasteiger partial charge in [-0.25, -0.2) is 0 Å². The Kier molecular flexibility index (Phi) is 6.65. The molecule has 0 fully saturated rings. The topological polar surface area (TPSA) is 168 Å². The molecule has 5 N–H and O–H groups in total. The molecule has 0 spiro atoms. The molecule has 11 heteroatoms. The second-order valence-corrected chi connectivity index (χ2v) is 7.06. The van der Waals surface area contributed by atoms with Crippen molar-refractivity contribution in [2.24, 2.45) is 5.73 Å².